The topological polar surface area (TPSA) is 29.3 Å². The molecule has 0 spiro atoms. The van der Waals surface area contributed by atoms with Gasteiger partial charge in [0.15, 0.2) is 0 Å². The summed E-state index contributed by atoms with van der Waals surface area (Å²) in [7, 11) is 0. The lowest BCUT2D eigenvalue weighted by Gasteiger charge is -2.19. The van der Waals surface area contributed by atoms with Crippen molar-refractivity contribution in [3.05, 3.63) is 29.8 Å². The maximum Gasteiger partial charge on any atom is 0.0316 e. The molecule has 0 heterocycles. The Kier molecular flexibility index (Phi) is 3.83. The number of aryl methyl sites for hydroxylation is 1. The molecule has 0 bridgehead atoms. The number of nitrogen functional groups attached to an aromatic ring is 1. The van der Waals surface area contributed by atoms with E-state index in [2.05, 4.69) is 24.0 Å². The lowest BCUT2D eigenvalue weighted by Crippen LogP contribution is -2.27. The molecule has 1 saturated carbocycles. The molecule has 0 amide bonds. The molecule has 1 aromatic rings. The van der Waals surface area contributed by atoms with Gasteiger partial charge in [0.2, 0.25) is 0 Å². The standard InChI is InChI=1S/C14H22N2/c1-2-16(14-8-9-14)10-4-6-12-5-3-7-13(15)11-12/h3,5,7,11,14H,2,4,6,8-10,15H2,1H3. The highest BCUT2D eigenvalue weighted by Crippen LogP contribution is 2.26. The summed E-state index contributed by atoms with van der Waals surface area (Å²) in [6, 6.07) is 9.15. The van der Waals surface area contributed by atoms with E-state index < -0.39 is 0 Å². The largest absolute Gasteiger partial charge is 0.399 e. The first-order valence-corrected chi connectivity index (χ1v) is 6.38. The van der Waals surface area contributed by atoms with Crippen molar-refractivity contribution in [2.45, 2.75) is 38.6 Å². The summed E-state index contributed by atoms with van der Waals surface area (Å²) < 4.78 is 0. The van der Waals surface area contributed by atoms with Crippen molar-refractivity contribution in [2.24, 2.45) is 0 Å². The highest BCUT2D eigenvalue weighted by atomic mass is 15.2. The van der Waals surface area contributed by atoms with Gasteiger partial charge in [-0.1, -0.05) is 19.1 Å². The fourth-order valence-electron chi connectivity index (χ4n) is 2.27. The Hall–Kier alpha value is -1.02. The number of anilines is 1. The van der Waals surface area contributed by atoms with E-state index in [1.165, 1.54) is 37.9 Å². The molecular formula is C14H22N2. The third-order valence-electron chi connectivity index (χ3n) is 3.33. The Morgan fingerprint density at radius 2 is 2.19 bits per heavy atom. The van der Waals surface area contributed by atoms with Crippen LogP contribution in [-0.2, 0) is 6.42 Å². The van der Waals surface area contributed by atoms with Gasteiger partial charge in [0.05, 0.1) is 0 Å². The number of nitrogens with two attached hydrogens (primary N) is 1. The summed E-state index contributed by atoms with van der Waals surface area (Å²) in [4.78, 5) is 2.60. The molecule has 88 valence electrons. The summed E-state index contributed by atoms with van der Waals surface area (Å²) in [6.45, 7) is 4.69. The van der Waals surface area contributed by atoms with Gasteiger partial charge in [0.1, 0.15) is 0 Å². The molecule has 1 aromatic carbocycles. The number of benzene rings is 1. The maximum absolute atomic E-state index is 5.76. The minimum absolute atomic E-state index is 0.882. The van der Waals surface area contributed by atoms with Gasteiger partial charge in [-0.15, -0.1) is 0 Å². The van der Waals surface area contributed by atoms with Gasteiger partial charge in [-0.05, 0) is 56.5 Å². The van der Waals surface area contributed by atoms with E-state index >= 15 is 0 Å². The number of nitrogens with zero attached hydrogens (tertiary/aromatic N) is 1. The monoisotopic (exact) mass is 218 g/mol. The first-order valence-electron chi connectivity index (χ1n) is 6.38. The third-order valence-corrected chi connectivity index (χ3v) is 3.33. The smallest absolute Gasteiger partial charge is 0.0316 e. The molecule has 2 rings (SSSR count). The van der Waals surface area contributed by atoms with Crippen LogP contribution in [0, 0.1) is 0 Å². The predicted octanol–water partition coefficient (Wildman–Crippen LogP) is 2.69. The molecule has 0 saturated heterocycles. The highest BCUT2D eigenvalue weighted by Gasteiger charge is 2.26. The van der Waals surface area contributed by atoms with Crippen LogP contribution in [0.2, 0.25) is 0 Å². The van der Waals surface area contributed by atoms with E-state index in [4.69, 9.17) is 5.73 Å². The molecule has 0 unspecified atom stereocenters. The first kappa shape index (κ1) is 11.5. The van der Waals surface area contributed by atoms with Crippen molar-refractivity contribution in [3.63, 3.8) is 0 Å². The Morgan fingerprint density at radius 3 is 2.81 bits per heavy atom. The molecule has 1 fully saturated rings. The molecule has 2 nitrogen and oxygen atoms in total. The van der Waals surface area contributed by atoms with E-state index in [1.807, 2.05) is 12.1 Å². The Bertz CT molecular complexity index is 331. The van der Waals surface area contributed by atoms with Crippen molar-refractivity contribution < 1.29 is 0 Å². The second kappa shape index (κ2) is 5.35. The van der Waals surface area contributed by atoms with Gasteiger partial charge >= 0.3 is 0 Å². The van der Waals surface area contributed by atoms with E-state index in [0.29, 0.717) is 0 Å². The zero-order valence-corrected chi connectivity index (χ0v) is 10.2. The van der Waals surface area contributed by atoms with Gasteiger partial charge in [0.25, 0.3) is 0 Å². The van der Waals surface area contributed by atoms with Gasteiger partial charge in [-0.25, -0.2) is 0 Å². The number of hydrogen-bond donors (Lipinski definition) is 1. The fourth-order valence-corrected chi connectivity index (χ4v) is 2.27. The Labute approximate surface area is 98.4 Å². The van der Waals surface area contributed by atoms with Crippen LogP contribution in [0.3, 0.4) is 0 Å². The predicted molar refractivity (Wildman–Crippen MR) is 69.4 cm³/mol. The second-order valence-corrected chi connectivity index (χ2v) is 4.71. The van der Waals surface area contributed by atoms with Crippen molar-refractivity contribution in [1.29, 1.82) is 0 Å². The normalized spacial score (nSPS) is 15.6. The summed E-state index contributed by atoms with van der Waals surface area (Å²) in [5, 5.41) is 0. The van der Waals surface area contributed by atoms with E-state index in [0.717, 1.165) is 18.2 Å². The minimum atomic E-state index is 0.882. The van der Waals surface area contributed by atoms with Gasteiger partial charge in [-0.2, -0.15) is 0 Å². The Balaban J connectivity index is 1.74. The lowest BCUT2D eigenvalue weighted by molar-refractivity contribution is 0.274. The van der Waals surface area contributed by atoms with Crippen molar-refractivity contribution in [2.75, 3.05) is 18.8 Å². The fraction of sp³-hybridized carbons (Fsp3) is 0.571. The van der Waals surface area contributed by atoms with E-state index in [-0.39, 0.29) is 0 Å². The molecular weight excluding hydrogens is 196 g/mol. The lowest BCUT2D eigenvalue weighted by atomic mass is 10.1. The molecule has 0 radical (unpaired) electrons. The van der Waals surface area contributed by atoms with E-state index in [1.54, 1.807) is 0 Å². The van der Waals surface area contributed by atoms with Crippen LogP contribution in [0.1, 0.15) is 31.7 Å². The van der Waals surface area contributed by atoms with Gasteiger partial charge in [0, 0.05) is 11.7 Å². The average molecular weight is 218 g/mol. The van der Waals surface area contributed by atoms with Gasteiger partial charge < -0.3 is 10.6 Å². The van der Waals surface area contributed by atoms with Crippen LogP contribution in [0.5, 0.6) is 0 Å². The van der Waals surface area contributed by atoms with Crippen molar-refractivity contribution in [1.82, 2.24) is 4.90 Å². The summed E-state index contributed by atoms with van der Waals surface area (Å²) in [5.74, 6) is 0. The average Bonchev–Trinajstić information content (AvgIpc) is 3.08. The molecule has 16 heavy (non-hydrogen) atoms. The van der Waals surface area contributed by atoms with Crippen LogP contribution in [0.15, 0.2) is 24.3 Å². The maximum atomic E-state index is 5.76. The second-order valence-electron chi connectivity index (χ2n) is 4.71. The molecule has 1 aliphatic rings. The van der Waals surface area contributed by atoms with Gasteiger partial charge in [-0.3, -0.25) is 0 Å². The number of rotatable bonds is 6. The molecule has 0 aromatic heterocycles. The zero-order chi connectivity index (χ0) is 11.4. The minimum Gasteiger partial charge on any atom is -0.399 e. The highest BCUT2D eigenvalue weighted by molar-refractivity contribution is 5.40. The Morgan fingerprint density at radius 1 is 1.38 bits per heavy atom. The van der Waals surface area contributed by atoms with Crippen molar-refractivity contribution >= 4 is 5.69 Å². The zero-order valence-electron chi connectivity index (χ0n) is 10.2. The molecule has 2 heteroatoms. The third kappa shape index (κ3) is 3.24. The van der Waals surface area contributed by atoms with Crippen LogP contribution in [0.4, 0.5) is 5.69 Å². The van der Waals surface area contributed by atoms with Crippen molar-refractivity contribution in [3.8, 4) is 0 Å². The molecule has 0 aliphatic heterocycles. The molecule has 0 atom stereocenters. The van der Waals surface area contributed by atoms with E-state index in [9.17, 15) is 0 Å². The summed E-state index contributed by atoms with van der Waals surface area (Å²) >= 11 is 0. The SMILES string of the molecule is CCN(CCCc1cccc(N)c1)C1CC1. The first-order chi connectivity index (χ1) is 7.79. The summed E-state index contributed by atoms with van der Waals surface area (Å²) in [5.41, 5.74) is 8.01. The quantitative estimate of drug-likeness (QED) is 0.744. The number of hydrogen-bond acceptors (Lipinski definition) is 2. The molecule has 2 N–H and O–H groups in total. The van der Waals surface area contributed by atoms with Crippen LogP contribution < -0.4 is 5.73 Å². The van der Waals surface area contributed by atoms with Crippen LogP contribution >= 0.6 is 0 Å². The summed E-state index contributed by atoms with van der Waals surface area (Å²) in [6.07, 6.45) is 5.21. The van der Waals surface area contributed by atoms with Crippen LogP contribution in [0.25, 0.3) is 0 Å². The van der Waals surface area contributed by atoms with Crippen LogP contribution in [-0.4, -0.2) is 24.0 Å². The molecule has 1 aliphatic carbocycles.